The van der Waals surface area contributed by atoms with E-state index in [1.54, 1.807) is 12.1 Å². The fraction of sp³-hybridized carbons (Fsp3) is 0.100. The predicted molar refractivity (Wildman–Crippen MR) is 136 cm³/mol. The first kappa shape index (κ1) is 21.1. The van der Waals surface area contributed by atoms with Crippen LogP contribution in [0.3, 0.4) is 0 Å². The Morgan fingerprint density at radius 1 is 0.857 bits per heavy atom. The van der Waals surface area contributed by atoms with Gasteiger partial charge in [-0.25, -0.2) is 4.98 Å². The quantitative estimate of drug-likeness (QED) is 0.169. The maximum Gasteiger partial charge on any atom is 0.308 e. The highest BCUT2D eigenvalue weighted by Gasteiger charge is 2.33. The molecule has 5 aromatic rings. The summed E-state index contributed by atoms with van der Waals surface area (Å²) in [6.07, 6.45) is 0. The van der Waals surface area contributed by atoms with Crippen molar-refractivity contribution >= 4 is 33.4 Å². The van der Waals surface area contributed by atoms with Gasteiger partial charge < -0.3 is 9.47 Å². The highest BCUT2D eigenvalue weighted by atomic mass is 16.6. The molecule has 0 aliphatic heterocycles. The van der Waals surface area contributed by atoms with Gasteiger partial charge in [-0.3, -0.25) is 9.59 Å². The van der Waals surface area contributed by atoms with Crippen molar-refractivity contribution in [2.45, 2.75) is 13.8 Å². The summed E-state index contributed by atoms with van der Waals surface area (Å²) >= 11 is 0. The van der Waals surface area contributed by atoms with Crippen molar-refractivity contribution in [2.24, 2.45) is 0 Å². The lowest BCUT2D eigenvalue weighted by Crippen LogP contribution is -2.05. The number of aromatic nitrogens is 1. The first-order valence-electron chi connectivity index (χ1n) is 11.5. The molecule has 0 amide bonds. The zero-order valence-electron chi connectivity index (χ0n) is 19.3. The topological polar surface area (TPSA) is 65.5 Å². The molecule has 0 radical (unpaired) electrons. The number of benzene rings is 4. The summed E-state index contributed by atoms with van der Waals surface area (Å²) in [5, 5.41) is 3.13. The largest absolute Gasteiger partial charge is 0.490 e. The van der Waals surface area contributed by atoms with Gasteiger partial charge in [0.15, 0.2) is 17.3 Å². The zero-order chi connectivity index (χ0) is 24.1. The standard InChI is InChI=1S/C30H21NO4/c1-3-34-25-16-19(13-15-24(25)35-17(2)32)29-28-27(21-10-6-7-11-22(21)30(28)33)26-20-9-5-4-8-18(20)12-14-23(26)31-29/h4-16H,3H2,1-2H3. The third-order valence-corrected chi connectivity index (χ3v) is 6.31. The molecule has 0 fully saturated rings. The van der Waals surface area contributed by atoms with E-state index in [4.69, 9.17) is 14.5 Å². The van der Waals surface area contributed by atoms with Crippen LogP contribution in [0, 0.1) is 0 Å². The third kappa shape index (κ3) is 3.28. The Kier molecular flexibility index (Phi) is 4.85. The fourth-order valence-corrected chi connectivity index (χ4v) is 4.93. The van der Waals surface area contributed by atoms with E-state index in [-0.39, 0.29) is 5.78 Å². The Bertz CT molecular complexity index is 1690. The average molecular weight is 460 g/mol. The lowest BCUT2D eigenvalue weighted by Gasteiger charge is -2.15. The van der Waals surface area contributed by atoms with E-state index in [0.29, 0.717) is 34.9 Å². The number of ketones is 1. The summed E-state index contributed by atoms with van der Waals surface area (Å²) in [5.41, 5.74) is 5.19. The van der Waals surface area contributed by atoms with Gasteiger partial charge in [-0.1, -0.05) is 54.6 Å². The summed E-state index contributed by atoms with van der Waals surface area (Å²) in [7, 11) is 0. The molecule has 0 bridgehead atoms. The van der Waals surface area contributed by atoms with Gasteiger partial charge in [0.25, 0.3) is 0 Å². The molecule has 0 N–H and O–H groups in total. The van der Waals surface area contributed by atoms with E-state index in [1.165, 1.54) is 6.92 Å². The minimum atomic E-state index is -0.430. The molecule has 170 valence electrons. The SMILES string of the molecule is CCOc1cc(-c2nc3ccc4ccccc4c3c3c2C(=O)c2ccccc2-3)ccc1OC(C)=O. The fourth-order valence-electron chi connectivity index (χ4n) is 4.93. The molecule has 1 aromatic heterocycles. The van der Waals surface area contributed by atoms with Gasteiger partial charge in [0, 0.05) is 29.0 Å². The number of rotatable bonds is 4. The maximum absolute atomic E-state index is 13.7. The molecular weight excluding hydrogens is 438 g/mol. The zero-order valence-corrected chi connectivity index (χ0v) is 19.3. The Hall–Kier alpha value is -4.51. The Balaban J connectivity index is 1.70. The lowest BCUT2D eigenvalue weighted by molar-refractivity contribution is -0.132. The van der Waals surface area contributed by atoms with Gasteiger partial charge in [0.2, 0.25) is 0 Å². The van der Waals surface area contributed by atoms with Gasteiger partial charge in [-0.15, -0.1) is 0 Å². The molecule has 5 heteroatoms. The smallest absolute Gasteiger partial charge is 0.308 e. The van der Waals surface area contributed by atoms with Crippen LogP contribution in [0.4, 0.5) is 0 Å². The maximum atomic E-state index is 13.7. The number of carbonyl (C=O) groups is 2. The van der Waals surface area contributed by atoms with E-state index in [9.17, 15) is 9.59 Å². The normalized spacial score (nSPS) is 12.0. The number of hydrogen-bond donors (Lipinski definition) is 0. The molecule has 5 nitrogen and oxygen atoms in total. The van der Waals surface area contributed by atoms with Crippen molar-refractivity contribution in [2.75, 3.05) is 6.61 Å². The minimum Gasteiger partial charge on any atom is -0.490 e. The molecule has 0 unspecified atom stereocenters. The molecule has 0 atom stereocenters. The van der Waals surface area contributed by atoms with Crippen LogP contribution in [-0.2, 0) is 4.79 Å². The minimum absolute atomic E-state index is 0.0463. The molecule has 4 aromatic carbocycles. The molecule has 1 aliphatic carbocycles. The second kappa shape index (κ2) is 8.06. The van der Waals surface area contributed by atoms with E-state index in [2.05, 4.69) is 18.2 Å². The summed E-state index contributed by atoms with van der Waals surface area (Å²) in [5.74, 6) is 0.286. The van der Waals surface area contributed by atoms with Crippen molar-refractivity contribution in [1.29, 1.82) is 0 Å². The second-order valence-electron chi connectivity index (χ2n) is 8.45. The number of fused-ring (bicyclic) bond motifs is 7. The van der Waals surface area contributed by atoms with Crippen LogP contribution in [0.1, 0.15) is 29.8 Å². The third-order valence-electron chi connectivity index (χ3n) is 6.31. The number of ether oxygens (including phenoxy) is 2. The highest BCUT2D eigenvalue weighted by Crippen LogP contribution is 2.47. The van der Waals surface area contributed by atoms with Crippen LogP contribution in [-0.4, -0.2) is 23.3 Å². The van der Waals surface area contributed by atoms with Crippen LogP contribution in [0.15, 0.2) is 78.9 Å². The van der Waals surface area contributed by atoms with Crippen molar-refractivity contribution < 1.29 is 19.1 Å². The van der Waals surface area contributed by atoms with Crippen LogP contribution in [0.5, 0.6) is 11.5 Å². The van der Waals surface area contributed by atoms with Gasteiger partial charge in [0.05, 0.1) is 23.4 Å². The second-order valence-corrected chi connectivity index (χ2v) is 8.45. The number of esters is 1. The van der Waals surface area contributed by atoms with Crippen molar-refractivity contribution in [1.82, 2.24) is 4.98 Å². The van der Waals surface area contributed by atoms with E-state index in [0.717, 1.165) is 38.4 Å². The van der Waals surface area contributed by atoms with Crippen molar-refractivity contribution in [3.05, 3.63) is 90.0 Å². The predicted octanol–water partition coefficient (Wildman–Crippen LogP) is 6.59. The molecule has 35 heavy (non-hydrogen) atoms. The summed E-state index contributed by atoms with van der Waals surface area (Å²) in [6, 6.07) is 25.2. The number of pyridine rings is 1. The Labute approximate surface area is 201 Å². The summed E-state index contributed by atoms with van der Waals surface area (Å²) in [6.45, 7) is 3.61. The van der Waals surface area contributed by atoms with E-state index < -0.39 is 5.97 Å². The molecule has 1 heterocycles. The molecule has 0 saturated carbocycles. The number of nitrogens with zero attached hydrogens (tertiary/aromatic N) is 1. The van der Waals surface area contributed by atoms with Gasteiger partial charge in [-0.05, 0) is 47.5 Å². The van der Waals surface area contributed by atoms with E-state index >= 15 is 0 Å². The number of hydrogen-bond acceptors (Lipinski definition) is 5. The van der Waals surface area contributed by atoms with Crippen LogP contribution >= 0.6 is 0 Å². The average Bonchev–Trinajstić information content (AvgIpc) is 3.17. The molecule has 6 rings (SSSR count). The molecule has 1 aliphatic rings. The monoisotopic (exact) mass is 459 g/mol. The van der Waals surface area contributed by atoms with Gasteiger partial charge in [-0.2, -0.15) is 0 Å². The van der Waals surface area contributed by atoms with Crippen molar-refractivity contribution in [3.63, 3.8) is 0 Å². The van der Waals surface area contributed by atoms with Crippen LogP contribution in [0.25, 0.3) is 44.1 Å². The molecular formula is C30H21NO4. The Morgan fingerprint density at radius 3 is 2.43 bits per heavy atom. The Morgan fingerprint density at radius 2 is 1.63 bits per heavy atom. The highest BCUT2D eigenvalue weighted by molar-refractivity contribution is 6.30. The van der Waals surface area contributed by atoms with Gasteiger partial charge >= 0.3 is 5.97 Å². The summed E-state index contributed by atoms with van der Waals surface area (Å²) < 4.78 is 11.1. The summed E-state index contributed by atoms with van der Waals surface area (Å²) in [4.78, 5) is 30.3. The molecule has 0 saturated heterocycles. The van der Waals surface area contributed by atoms with Gasteiger partial charge in [0.1, 0.15) is 0 Å². The van der Waals surface area contributed by atoms with Crippen molar-refractivity contribution in [3.8, 4) is 33.9 Å². The molecule has 0 spiro atoms. The first-order chi connectivity index (χ1) is 17.1. The number of carbonyl (C=O) groups excluding carboxylic acids is 2. The lowest BCUT2D eigenvalue weighted by atomic mass is 9.93. The van der Waals surface area contributed by atoms with Crippen LogP contribution in [0.2, 0.25) is 0 Å². The van der Waals surface area contributed by atoms with E-state index in [1.807, 2.05) is 55.5 Å². The first-order valence-corrected chi connectivity index (χ1v) is 11.5. The van der Waals surface area contributed by atoms with Crippen LogP contribution < -0.4 is 9.47 Å².